The van der Waals surface area contributed by atoms with Crippen LogP contribution in [0, 0.1) is 0 Å². The van der Waals surface area contributed by atoms with Gasteiger partial charge < -0.3 is 10.1 Å². The molecule has 0 heterocycles. The zero-order chi connectivity index (χ0) is 14.3. The van der Waals surface area contributed by atoms with Crippen molar-refractivity contribution in [3.63, 3.8) is 0 Å². The van der Waals surface area contributed by atoms with Gasteiger partial charge in [0.1, 0.15) is 12.0 Å². The molecule has 0 aliphatic carbocycles. The Bertz CT molecular complexity index is 473. The molecule has 1 aromatic rings. The second-order valence-electron chi connectivity index (χ2n) is 3.80. The Morgan fingerprint density at radius 1 is 1.42 bits per heavy atom. The molecular formula is C13H16N2O4. The Morgan fingerprint density at radius 2 is 2.16 bits per heavy atom. The number of carbonyl (C=O) groups is 3. The van der Waals surface area contributed by atoms with Gasteiger partial charge in [0.25, 0.3) is 5.91 Å². The van der Waals surface area contributed by atoms with E-state index in [0.29, 0.717) is 24.1 Å². The first-order valence-corrected chi connectivity index (χ1v) is 5.87. The zero-order valence-corrected chi connectivity index (χ0v) is 10.8. The summed E-state index contributed by atoms with van der Waals surface area (Å²) < 4.78 is 5.35. The number of aldehydes is 1. The summed E-state index contributed by atoms with van der Waals surface area (Å²) in [6, 6.07) is 5.85. The van der Waals surface area contributed by atoms with Crippen LogP contribution in [0.3, 0.4) is 0 Å². The fourth-order valence-electron chi connectivity index (χ4n) is 1.34. The molecule has 102 valence electrons. The van der Waals surface area contributed by atoms with Gasteiger partial charge >= 0.3 is 6.03 Å². The van der Waals surface area contributed by atoms with Crippen LogP contribution in [0.4, 0.5) is 4.79 Å². The number of hydrogen-bond acceptors (Lipinski definition) is 4. The third-order valence-electron chi connectivity index (χ3n) is 2.25. The average molecular weight is 264 g/mol. The first-order valence-electron chi connectivity index (χ1n) is 5.87. The molecule has 19 heavy (non-hydrogen) atoms. The summed E-state index contributed by atoms with van der Waals surface area (Å²) in [6.45, 7) is 3.69. The monoisotopic (exact) mass is 264 g/mol. The molecule has 1 rings (SSSR count). The first kappa shape index (κ1) is 14.7. The largest absolute Gasteiger partial charge is 0.481 e. The third kappa shape index (κ3) is 4.79. The molecule has 0 fully saturated rings. The Balaban J connectivity index is 2.58. The van der Waals surface area contributed by atoms with Gasteiger partial charge in [-0.1, -0.05) is 12.1 Å². The van der Waals surface area contributed by atoms with E-state index in [9.17, 15) is 14.4 Å². The second-order valence-corrected chi connectivity index (χ2v) is 3.80. The molecule has 0 radical (unpaired) electrons. The number of hydrogen-bond donors (Lipinski definition) is 2. The van der Waals surface area contributed by atoms with Crippen molar-refractivity contribution in [2.24, 2.45) is 0 Å². The minimum atomic E-state index is -0.843. The summed E-state index contributed by atoms with van der Waals surface area (Å²) in [5, 5.41) is 4.59. The minimum absolute atomic E-state index is 0.392. The van der Waals surface area contributed by atoms with Gasteiger partial charge in [-0.3, -0.25) is 14.9 Å². The van der Waals surface area contributed by atoms with E-state index in [-0.39, 0.29) is 0 Å². The van der Waals surface area contributed by atoms with E-state index in [1.54, 1.807) is 25.1 Å². The summed E-state index contributed by atoms with van der Waals surface area (Å²) in [5.74, 6) is -0.161. The number of imide groups is 1. The number of urea groups is 1. The van der Waals surface area contributed by atoms with Crippen LogP contribution in [0.5, 0.6) is 5.75 Å². The summed E-state index contributed by atoms with van der Waals surface area (Å²) in [6.07, 6.45) is -0.156. The van der Waals surface area contributed by atoms with Crippen molar-refractivity contribution in [3.8, 4) is 5.75 Å². The van der Waals surface area contributed by atoms with Crippen molar-refractivity contribution < 1.29 is 19.1 Å². The molecule has 2 N–H and O–H groups in total. The quantitative estimate of drug-likeness (QED) is 0.780. The van der Waals surface area contributed by atoms with Gasteiger partial charge in [0.2, 0.25) is 0 Å². The van der Waals surface area contributed by atoms with Gasteiger partial charge in [-0.25, -0.2) is 4.79 Å². The number of rotatable bonds is 5. The lowest BCUT2D eigenvalue weighted by molar-refractivity contribution is -0.126. The fourth-order valence-corrected chi connectivity index (χ4v) is 1.34. The highest BCUT2D eigenvalue weighted by molar-refractivity contribution is 5.96. The Morgan fingerprint density at radius 3 is 2.79 bits per heavy atom. The number of ether oxygens (including phenoxy) is 1. The van der Waals surface area contributed by atoms with Crippen LogP contribution < -0.4 is 15.4 Å². The van der Waals surface area contributed by atoms with E-state index in [4.69, 9.17) is 4.74 Å². The predicted octanol–water partition coefficient (Wildman–Crippen LogP) is 1.11. The van der Waals surface area contributed by atoms with E-state index in [1.807, 2.05) is 0 Å². The maximum Gasteiger partial charge on any atom is 0.321 e. The fraction of sp³-hybridized carbons (Fsp3) is 0.308. The SMILES string of the molecule is CCNC(=O)NC(=O)C(C)Oc1cccc(C=O)c1. The summed E-state index contributed by atoms with van der Waals surface area (Å²) in [7, 11) is 0. The van der Waals surface area contributed by atoms with Gasteiger partial charge in [-0.2, -0.15) is 0 Å². The molecule has 0 bridgehead atoms. The highest BCUT2D eigenvalue weighted by Crippen LogP contribution is 2.13. The average Bonchev–Trinajstić information content (AvgIpc) is 2.39. The van der Waals surface area contributed by atoms with Gasteiger partial charge in [0.05, 0.1) is 0 Å². The molecule has 6 heteroatoms. The highest BCUT2D eigenvalue weighted by Gasteiger charge is 2.17. The van der Waals surface area contributed by atoms with E-state index in [1.165, 1.54) is 13.0 Å². The lowest BCUT2D eigenvalue weighted by Gasteiger charge is -2.14. The molecular weight excluding hydrogens is 248 g/mol. The molecule has 0 aliphatic heterocycles. The molecule has 0 saturated carbocycles. The smallest absolute Gasteiger partial charge is 0.321 e. The van der Waals surface area contributed by atoms with Crippen molar-refractivity contribution in [2.75, 3.05) is 6.54 Å². The number of benzene rings is 1. The molecule has 0 aliphatic rings. The Labute approximate surface area is 111 Å². The van der Waals surface area contributed by atoms with Crippen LogP contribution in [0.2, 0.25) is 0 Å². The van der Waals surface area contributed by atoms with Crippen molar-refractivity contribution in [1.29, 1.82) is 0 Å². The molecule has 1 unspecified atom stereocenters. The topological polar surface area (TPSA) is 84.5 Å². The lowest BCUT2D eigenvalue weighted by Crippen LogP contribution is -2.45. The van der Waals surface area contributed by atoms with E-state index >= 15 is 0 Å². The second kappa shape index (κ2) is 7.15. The van der Waals surface area contributed by atoms with E-state index in [2.05, 4.69) is 10.6 Å². The maximum absolute atomic E-state index is 11.6. The molecule has 0 aromatic heterocycles. The normalized spacial score (nSPS) is 11.3. The number of carbonyl (C=O) groups excluding carboxylic acids is 3. The molecule has 1 aromatic carbocycles. The minimum Gasteiger partial charge on any atom is -0.481 e. The van der Waals surface area contributed by atoms with Gasteiger partial charge in [0, 0.05) is 12.1 Å². The predicted molar refractivity (Wildman–Crippen MR) is 69.1 cm³/mol. The van der Waals surface area contributed by atoms with Crippen LogP contribution in [0.1, 0.15) is 24.2 Å². The molecule has 3 amide bonds. The first-order chi connectivity index (χ1) is 9.06. The highest BCUT2D eigenvalue weighted by atomic mass is 16.5. The van der Waals surface area contributed by atoms with Crippen molar-refractivity contribution in [3.05, 3.63) is 29.8 Å². The standard InChI is InChI=1S/C13H16N2O4/c1-3-14-13(18)15-12(17)9(2)19-11-6-4-5-10(7-11)8-16/h4-9H,3H2,1-2H3,(H2,14,15,17,18). The Kier molecular flexibility index (Phi) is 5.53. The lowest BCUT2D eigenvalue weighted by atomic mass is 10.2. The van der Waals surface area contributed by atoms with Gasteiger partial charge in [0.15, 0.2) is 6.10 Å². The molecule has 6 nitrogen and oxygen atoms in total. The van der Waals surface area contributed by atoms with E-state index < -0.39 is 18.0 Å². The molecule has 0 spiro atoms. The van der Waals surface area contributed by atoms with Crippen molar-refractivity contribution in [2.45, 2.75) is 20.0 Å². The maximum atomic E-state index is 11.6. The van der Waals surface area contributed by atoms with Crippen LogP contribution in [-0.4, -0.2) is 30.9 Å². The number of nitrogens with one attached hydrogen (secondary N) is 2. The van der Waals surface area contributed by atoms with Crippen molar-refractivity contribution in [1.82, 2.24) is 10.6 Å². The van der Waals surface area contributed by atoms with Gasteiger partial charge in [-0.05, 0) is 26.0 Å². The van der Waals surface area contributed by atoms with Crippen molar-refractivity contribution >= 4 is 18.2 Å². The Hall–Kier alpha value is -2.37. The summed E-state index contributed by atoms with van der Waals surface area (Å²) >= 11 is 0. The zero-order valence-electron chi connectivity index (χ0n) is 10.8. The molecule has 1 atom stereocenters. The summed E-state index contributed by atoms with van der Waals surface area (Å²) in [4.78, 5) is 33.4. The van der Waals surface area contributed by atoms with Crippen LogP contribution in [-0.2, 0) is 4.79 Å². The van der Waals surface area contributed by atoms with Gasteiger partial charge in [-0.15, -0.1) is 0 Å². The summed E-state index contributed by atoms with van der Waals surface area (Å²) in [5.41, 5.74) is 0.453. The van der Waals surface area contributed by atoms with Crippen LogP contribution >= 0.6 is 0 Å². The van der Waals surface area contributed by atoms with E-state index in [0.717, 1.165) is 0 Å². The van der Waals surface area contributed by atoms with Crippen LogP contribution in [0.25, 0.3) is 0 Å². The number of amides is 3. The van der Waals surface area contributed by atoms with Crippen LogP contribution in [0.15, 0.2) is 24.3 Å². The molecule has 0 saturated heterocycles. The third-order valence-corrected chi connectivity index (χ3v) is 2.25.